The van der Waals surface area contributed by atoms with Crippen molar-refractivity contribution in [2.24, 2.45) is 11.8 Å². The highest BCUT2D eigenvalue weighted by atomic mass is 16.3. The van der Waals surface area contributed by atoms with Gasteiger partial charge in [0, 0.05) is 30.4 Å². The Labute approximate surface area is 210 Å². The van der Waals surface area contributed by atoms with Gasteiger partial charge < -0.3 is 15.7 Å². The summed E-state index contributed by atoms with van der Waals surface area (Å²) in [5.41, 5.74) is 2.55. The monoisotopic (exact) mass is 479 g/mol. The van der Waals surface area contributed by atoms with Crippen molar-refractivity contribution in [1.82, 2.24) is 10.2 Å². The minimum absolute atomic E-state index is 0.0317. The Morgan fingerprint density at radius 1 is 1.11 bits per heavy atom. The summed E-state index contributed by atoms with van der Waals surface area (Å²) in [7, 11) is 0. The number of carbonyl (C=O) groups is 2. The van der Waals surface area contributed by atoms with Gasteiger partial charge in [-0.3, -0.25) is 9.69 Å². The van der Waals surface area contributed by atoms with Gasteiger partial charge in [-0.2, -0.15) is 0 Å². The largest absolute Gasteiger partial charge is 0.391 e. The van der Waals surface area contributed by atoms with Crippen LogP contribution in [0.5, 0.6) is 0 Å². The Bertz CT molecular complexity index is 947. The number of urea groups is 1. The topological polar surface area (TPSA) is 81.7 Å². The van der Waals surface area contributed by atoms with Crippen LogP contribution in [0.1, 0.15) is 62.4 Å². The van der Waals surface area contributed by atoms with Crippen LogP contribution in [-0.4, -0.2) is 53.6 Å². The van der Waals surface area contributed by atoms with Crippen LogP contribution in [0, 0.1) is 11.8 Å². The molecule has 0 aliphatic carbocycles. The molecule has 2 amide bonds. The quantitative estimate of drug-likeness (QED) is 0.308. The maximum Gasteiger partial charge on any atom is 0.319 e. The number of ketones is 1. The summed E-state index contributed by atoms with van der Waals surface area (Å²) in [4.78, 5) is 26.3. The van der Waals surface area contributed by atoms with E-state index in [9.17, 15) is 14.7 Å². The van der Waals surface area contributed by atoms with Crippen LogP contribution in [0.4, 0.5) is 10.5 Å². The fraction of sp³-hybridized carbons (Fsp3) is 0.517. The number of amides is 2. The Balaban J connectivity index is 1.48. The summed E-state index contributed by atoms with van der Waals surface area (Å²) in [5, 5.41) is 16.7. The van der Waals surface area contributed by atoms with Gasteiger partial charge in [0.1, 0.15) is 0 Å². The molecule has 2 aromatic carbocycles. The molecule has 0 saturated carbocycles. The predicted molar refractivity (Wildman–Crippen MR) is 142 cm³/mol. The fourth-order valence-corrected chi connectivity index (χ4v) is 5.05. The predicted octanol–water partition coefficient (Wildman–Crippen LogP) is 5.13. The summed E-state index contributed by atoms with van der Waals surface area (Å²) < 4.78 is 0. The number of hydrogen-bond acceptors (Lipinski definition) is 4. The molecule has 190 valence electrons. The maximum absolute atomic E-state index is 12.3. The van der Waals surface area contributed by atoms with Crippen LogP contribution >= 0.6 is 0 Å². The first-order valence-corrected chi connectivity index (χ1v) is 12.9. The number of aliphatic hydroxyl groups is 1. The lowest BCUT2D eigenvalue weighted by Crippen LogP contribution is -2.50. The number of piperidine rings is 1. The van der Waals surface area contributed by atoms with Crippen molar-refractivity contribution in [1.29, 1.82) is 0 Å². The van der Waals surface area contributed by atoms with Crippen molar-refractivity contribution in [3.8, 4) is 0 Å². The number of aliphatic hydroxyl groups excluding tert-OH is 1. The molecule has 1 aliphatic heterocycles. The number of benzene rings is 2. The summed E-state index contributed by atoms with van der Waals surface area (Å²) in [6.07, 6.45) is 4.47. The Morgan fingerprint density at radius 3 is 2.60 bits per heavy atom. The molecule has 6 heteroatoms. The third kappa shape index (κ3) is 8.79. The summed E-state index contributed by atoms with van der Waals surface area (Å²) in [6, 6.07) is 17.5. The average molecular weight is 480 g/mol. The average Bonchev–Trinajstić information content (AvgIpc) is 2.83. The lowest BCUT2D eigenvalue weighted by Gasteiger charge is -2.42. The number of likely N-dealkylation sites (tertiary alicyclic amines) is 1. The first-order chi connectivity index (χ1) is 16.8. The van der Waals surface area contributed by atoms with Crippen LogP contribution in [0.3, 0.4) is 0 Å². The second-order valence-electron chi connectivity index (χ2n) is 10.3. The highest BCUT2D eigenvalue weighted by molar-refractivity contribution is 5.96. The molecule has 0 spiro atoms. The van der Waals surface area contributed by atoms with E-state index in [1.807, 2.05) is 0 Å². The van der Waals surface area contributed by atoms with E-state index in [-0.39, 0.29) is 24.0 Å². The Kier molecular flexibility index (Phi) is 10.3. The highest BCUT2D eigenvalue weighted by Crippen LogP contribution is 2.30. The van der Waals surface area contributed by atoms with Crippen LogP contribution in [-0.2, 0) is 6.42 Å². The van der Waals surface area contributed by atoms with Crippen LogP contribution < -0.4 is 10.6 Å². The van der Waals surface area contributed by atoms with Crippen molar-refractivity contribution < 1.29 is 14.7 Å². The molecule has 1 aliphatic rings. The minimum atomic E-state index is -0.335. The SMILES string of the molecule is CC(=O)c1cccc(NC(=O)NCCCN2CC[C@H](Cc3ccccc3)C[C@@H]2[C@@H](O)CC(C)C)c1. The van der Waals surface area contributed by atoms with Gasteiger partial charge >= 0.3 is 6.03 Å². The maximum atomic E-state index is 12.3. The molecule has 3 rings (SSSR count). The molecule has 3 atom stereocenters. The van der Waals surface area contributed by atoms with E-state index in [1.54, 1.807) is 24.3 Å². The zero-order valence-corrected chi connectivity index (χ0v) is 21.4. The second-order valence-corrected chi connectivity index (χ2v) is 10.3. The molecule has 0 bridgehead atoms. The molecule has 6 nitrogen and oxygen atoms in total. The molecule has 0 aromatic heterocycles. The number of rotatable bonds is 11. The van der Waals surface area contributed by atoms with Crippen molar-refractivity contribution in [3.05, 3.63) is 65.7 Å². The van der Waals surface area contributed by atoms with Crippen molar-refractivity contribution in [2.45, 2.75) is 65.0 Å². The van der Waals surface area contributed by atoms with Gasteiger partial charge in [0.15, 0.2) is 5.78 Å². The minimum Gasteiger partial charge on any atom is -0.391 e. The molecular formula is C29H41N3O3. The van der Waals surface area contributed by atoms with E-state index >= 15 is 0 Å². The van der Waals surface area contributed by atoms with Crippen molar-refractivity contribution in [3.63, 3.8) is 0 Å². The lowest BCUT2D eigenvalue weighted by molar-refractivity contribution is -0.00107. The van der Waals surface area contributed by atoms with Crippen LogP contribution in [0.25, 0.3) is 0 Å². The molecule has 0 unspecified atom stereocenters. The summed E-state index contributed by atoms with van der Waals surface area (Å²) in [6.45, 7) is 8.20. The van der Waals surface area contributed by atoms with Gasteiger partial charge in [0.2, 0.25) is 0 Å². The van der Waals surface area contributed by atoms with E-state index in [0.29, 0.717) is 29.6 Å². The smallest absolute Gasteiger partial charge is 0.319 e. The standard InChI is InChI=1S/C29H41N3O3/c1-21(2)17-28(34)27-19-24(18-23-9-5-4-6-10-23)13-16-32(27)15-8-14-30-29(35)31-26-12-7-11-25(20-26)22(3)33/h4-7,9-12,20-21,24,27-28,34H,8,13-19H2,1-3H3,(H2,30,31,35)/t24-,27-,28+/m1/s1. The summed E-state index contributed by atoms with van der Waals surface area (Å²) >= 11 is 0. The highest BCUT2D eigenvalue weighted by Gasteiger charge is 2.33. The molecule has 0 radical (unpaired) electrons. The number of nitrogens with one attached hydrogen (secondary N) is 2. The molecule has 1 heterocycles. The molecule has 3 N–H and O–H groups in total. The number of anilines is 1. The van der Waals surface area contributed by atoms with E-state index < -0.39 is 0 Å². The number of carbonyl (C=O) groups excluding carboxylic acids is 2. The Morgan fingerprint density at radius 2 is 1.89 bits per heavy atom. The molecule has 2 aromatic rings. The van der Waals surface area contributed by atoms with Crippen LogP contribution in [0.15, 0.2) is 54.6 Å². The van der Waals surface area contributed by atoms with Gasteiger partial charge in [-0.15, -0.1) is 0 Å². The summed E-state index contributed by atoms with van der Waals surface area (Å²) in [5.74, 6) is 0.999. The first-order valence-electron chi connectivity index (χ1n) is 12.9. The lowest BCUT2D eigenvalue weighted by atomic mass is 9.82. The molecule has 35 heavy (non-hydrogen) atoms. The van der Waals surface area contributed by atoms with Crippen molar-refractivity contribution >= 4 is 17.5 Å². The number of nitrogens with zero attached hydrogens (tertiary/aromatic N) is 1. The number of Topliss-reactive ketones (excluding diaryl/α,β-unsaturated/α-hetero) is 1. The van der Waals surface area contributed by atoms with E-state index in [4.69, 9.17) is 0 Å². The fourth-order valence-electron chi connectivity index (χ4n) is 5.05. The van der Waals surface area contributed by atoms with Crippen LogP contribution in [0.2, 0.25) is 0 Å². The van der Waals surface area contributed by atoms with E-state index in [2.05, 4.69) is 59.7 Å². The third-order valence-electron chi connectivity index (χ3n) is 6.83. The van der Waals surface area contributed by atoms with Gasteiger partial charge in [-0.05, 0) is 75.1 Å². The van der Waals surface area contributed by atoms with Gasteiger partial charge in [0.05, 0.1) is 6.10 Å². The first kappa shape index (κ1) is 26.9. The molecular weight excluding hydrogens is 438 g/mol. The normalized spacial score (nSPS) is 19.3. The van der Waals surface area contributed by atoms with E-state index in [0.717, 1.165) is 45.2 Å². The zero-order chi connectivity index (χ0) is 25.2. The van der Waals surface area contributed by atoms with Gasteiger partial charge in [-0.25, -0.2) is 4.79 Å². The third-order valence-corrected chi connectivity index (χ3v) is 6.83. The van der Waals surface area contributed by atoms with Gasteiger partial charge in [-0.1, -0.05) is 56.3 Å². The second kappa shape index (κ2) is 13.4. The zero-order valence-electron chi connectivity index (χ0n) is 21.4. The molecule has 1 saturated heterocycles. The van der Waals surface area contributed by atoms with Crippen molar-refractivity contribution in [2.75, 3.05) is 25.0 Å². The molecule has 1 fully saturated rings. The Hall–Kier alpha value is -2.70. The van der Waals surface area contributed by atoms with Gasteiger partial charge in [0.25, 0.3) is 0 Å². The number of hydrogen-bond donors (Lipinski definition) is 3. The van der Waals surface area contributed by atoms with E-state index in [1.165, 1.54) is 12.5 Å².